The van der Waals surface area contributed by atoms with Gasteiger partial charge in [-0.3, -0.25) is 4.79 Å². The molecule has 0 aromatic rings. The molecule has 4 heteroatoms. The molecule has 0 aromatic heterocycles. The molecule has 1 aliphatic rings. The maximum atomic E-state index is 10.8. The minimum absolute atomic E-state index is 0.287. The van der Waals surface area contributed by atoms with Gasteiger partial charge in [0.05, 0.1) is 18.1 Å². The van der Waals surface area contributed by atoms with Crippen LogP contribution in [0.3, 0.4) is 0 Å². The van der Waals surface area contributed by atoms with E-state index in [1.807, 2.05) is 20.8 Å². The number of aliphatic carboxylic acids is 1. The lowest BCUT2D eigenvalue weighted by Crippen LogP contribution is -2.20. The van der Waals surface area contributed by atoms with Crippen LogP contribution in [0.15, 0.2) is 0 Å². The Labute approximate surface area is 83.0 Å². The van der Waals surface area contributed by atoms with Gasteiger partial charge in [0.15, 0.2) is 0 Å². The molecule has 0 radical (unpaired) electrons. The van der Waals surface area contributed by atoms with Crippen molar-refractivity contribution in [1.29, 1.82) is 0 Å². The molecular formula is C9H15ClO3. The highest BCUT2D eigenvalue weighted by Crippen LogP contribution is 2.63. The van der Waals surface area contributed by atoms with Crippen LogP contribution in [0.4, 0.5) is 0 Å². The fourth-order valence-corrected chi connectivity index (χ4v) is 2.08. The number of halogens is 1. The van der Waals surface area contributed by atoms with Crippen molar-refractivity contribution in [2.45, 2.75) is 26.4 Å². The Morgan fingerprint density at radius 2 is 2.08 bits per heavy atom. The van der Waals surface area contributed by atoms with Crippen LogP contribution < -0.4 is 0 Å². The van der Waals surface area contributed by atoms with E-state index in [0.717, 1.165) is 0 Å². The number of carbonyl (C=O) groups is 1. The summed E-state index contributed by atoms with van der Waals surface area (Å²) in [5.41, 5.74) is -0.835. The maximum Gasteiger partial charge on any atom is 0.310 e. The van der Waals surface area contributed by atoms with E-state index >= 15 is 0 Å². The molecule has 1 rings (SSSR count). The van der Waals surface area contributed by atoms with E-state index in [4.69, 9.17) is 21.4 Å². The average molecular weight is 207 g/mol. The lowest BCUT2D eigenvalue weighted by Gasteiger charge is -2.14. The lowest BCUT2D eigenvalue weighted by atomic mass is 10.1. The first-order valence-corrected chi connectivity index (χ1v) is 4.84. The van der Waals surface area contributed by atoms with Crippen molar-refractivity contribution >= 4 is 17.6 Å². The third-order valence-corrected chi connectivity index (χ3v) is 3.35. The largest absolute Gasteiger partial charge is 0.481 e. The average Bonchev–Trinajstić information content (AvgIpc) is 2.43. The molecule has 1 saturated carbocycles. The van der Waals surface area contributed by atoms with Gasteiger partial charge >= 0.3 is 5.97 Å². The van der Waals surface area contributed by atoms with Gasteiger partial charge in [-0.1, -0.05) is 13.8 Å². The van der Waals surface area contributed by atoms with E-state index in [9.17, 15) is 4.79 Å². The zero-order valence-corrected chi connectivity index (χ0v) is 8.89. The SMILES string of the molecule is CC1(C)C(C(=O)O)C1(C)OCCCl. The molecule has 0 aliphatic heterocycles. The first-order valence-electron chi connectivity index (χ1n) is 4.30. The van der Waals surface area contributed by atoms with E-state index in [1.165, 1.54) is 0 Å². The highest BCUT2D eigenvalue weighted by atomic mass is 35.5. The summed E-state index contributed by atoms with van der Waals surface area (Å²) in [5, 5.41) is 8.91. The third-order valence-electron chi connectivity index (χ3n) is 3.19. The molecule has 1 aliphatic carbocycles. The number of hydrogen-bond donors (Lipinski definition) is 1. The molecule has 1 fully saturated rings. The van der Waals surface area contributed by atoms with E-state index in [0.29, 0.717) is 12.5 Å². The number of rotatable bonds is 4. The fraction of sp³-hybridized carbons (Fsp3) is 0.889. The maximum absolute atomic E-state index is 10.8. The summed E-state index contributed by atoms with van der Waals surface area (Å²) < 4.78 is 5.47. The summed E-state index contributed by atoms with van der Waals surface area (Å²) in [7, 11) is 0. The summed E-state index contributed by atoms with van der Waals surface area (Å²) in [4.78, 5) is 10.8. The van der Waals surface area contributed by atoms with Crippen LogP contribution in [0, 0.1) is 11.3 Å². The monoisotopic (exact) mass is 206 g/mol. The lowest BCUT2D eigenvalue weighted by molar-refractivity contribution is -0.141. The first-order chi connectivity index (χ1) is 5.88. The van der Waals surface area contributed by atoms with Crippen molar-refractivity contribution in [3.8, 4) is 0 Å². The van der Waals surface area contributed by atoms with Crippen molar-refractivity contribution in [2.75, 3.05) is 12.5 Å². The predicted octanol–water partition coefficient (Wildman–Crippen LogP) is 1.74. The first kappa shape index (κ1) is 10.8. The van der Waals surface area contributed by atoms with Gasteiger partial charge in [-0.05, 0) is 6.92 Å². The zero-order chi connectivity index (χ0) is 10.3. The topological polar surface area (TPSA) is 46.5 Å². The van der Waals surface area contributed by atoms with Crippen molar-refractivity contribution in [1.82, 2.24) is 0 Å². The molecule has 0 bridgehead atoms. The Bertz CT molecular complexity index is 227. The van der Waals surface area contributed by atoms with Crippen LogP contribution >= 0.6 is 11.6 Å². The van der Waals surface area contributed by atoms with Gasteiger partial charge in [0.1, 0.15) is 0 Å². The van der Waals surface area contributed by atoms with Crippen LogP contribution in [-0.4, -0.2) is 29.2 Å². The molecule has 0 aromatic carbocycles. The van der Waals surface area contributed by atoms with Crippen LogP contribution in [0.1, 0.15) is 20.8 Å². The molecule has 0 saturated heterocycles. The normalized spacial score (nSPS) is 35.8. The van der Waals surface area contributed by atoms with Crippen molar-refractivity contribution in [3.05, 3.63) is 0 Å². The van der Waals surface area contributed by atoms with Gasteiger partial charge < -0.3 is 9.84 Å². The fourth-order valence-electron chi connectivity index (χ4n) is 2.00. The molecule has 2 atom stereocenters. The molecule has 0 heterocycles. The second-order valence-corrected chi connectivity index (χ2v) is 4.52. The summed E-state index contributed by atoms with van der Waals surface area (Å²) in [5.74, 6) is -0.803. The van der Waals surface area contributed by atoms with E-state index in [2.05, 4.69) is 0 Å². The number of hydrogen-bond acceptors (Lipinski definition) is 2. The zero-order valence-electron chi connectivity index (χ0n) is 8.13. The Kier molecular flexibility index (Phi) is 2.61. The van der Waals surface area contributed by atoms with E-state index < -0.39 is 17.5 Å². The summed E-state index contributed by atoms with van der Waals surface area (Å²) in [6.07, 6.45) is 0. The third kappa shape index (κ3) is 1.44. The summed E-state index contributed by atoms with van der Waals surface area (Å²) in [6, 6.07) is 0. The van der Waals surface area contributed by atoms with Crippen LogP contribution in [-0.2, 0) is 9.53 Å². The van der Waals surface area contributed by atoms with Gasteiger partial charge in [0.25, 0.3) is 0 Å². The standard InChI is InChI=1S/C9H15ClO3/c1-8(2)6(7(11)12)9(8,3)13-5-4-10/h6H,4-5H2,1-3H3,(H,11,12). The highest BCUT2D eigenvalue weighted by Gasteiger charge is 2.73. The van der Waals surface area contributed by atoms with Gasteiger partial charge in [0, 0.05) is 11.3 Å². The summed E-state index contributed by atoms with van der Waals surface area (Å²) in [6.45, 7) is 6.05. The summed E-state index contributed by atoms with van der Waals surface area (Å²) >= 11 is 5.48. The van der Waals surface area contributed by atoms with E-state index in [1.54, 1.807) is 0 Å². The highest BCUT2D eigenvalue weighted by molar-refractivity contribution is 6.17. The quantitative estimate of drug-likeness (QED) is 0.713. The molecule has 0 amide bonds. The Morgan fingerprint density at radius 1 is 1.54 bits per heavy atom. The van der Waals surface area contributed by atoms with Crippen molar-refractivity contribution in [3.63, 3.8) is 0 Å². The molecule has 1 N–H and O–H groups in total. The van der Waals surface area contributed by atoms with Crippen LogP contribution in [0.2, 0.25) is 0 Å². The number of alkyl halides is 1. The molecule has 76 valence electrons. The van der Waals surface area contributed by atoms with Gasteiger partial charge in [-0.2, -0.15) is 0 Å². The van der Waals surface area contributed by atoms with Crippen molar-refractivity contribution in [2.24, 2.45) is 11.3 Å². The second-order valence-electron chi connectivity index (χ2n) is 4.14. The Hall–Kier alpha value is -0.280. The van der Waals surface area contributed by atoms with Gasteiger partial charge in [-0.25, -0.2) is 0 Å². The van der Waals surface area contributed by atoms with Crippen LogP contribution in [0.5, 0.6) is 0 Å². The Balaban J connectivity index is 2.66. The molecule has 13 heavy (non-hydrogen) atoms. The van der Waals surface area contributed by atoms with Gasteiger partial charge in [-0.15, -0.1) is 11.6 Å². The molecular weight excluding hydrogens is 192 g/mol. The van der Waals surface area contributed by atoms with Crippen LogP contribution in [0.25, 0.3) is 0 Å². The molecule has 2 unspecified atom stereocenters. The smallest absolute Gasteiger partial charge is 0.310 e. The predicted molar refractivity (Wildman–Crippen MR) is 50.0 cm³/mol. The molecule has 0 spiro atoms. The van der Waals surface area contributed by atoms with Crippen molar-refractivity contribution < 1.29 is 14.6 Å². The number of ether oxygens (including phenoxy) is 1. The minimum Gasteiger partial charge on any atom is -0.481 e. The number of carboxylic acid groups (broad SMARTS) is 1. The van der Waals surface area contributed by atoms with Gasteiger partial charge in [0.2, 0.25) is 0 Å². The van der Waals surface area contributed by atoms with E-state index in [-0.39, 0.29) is 5.41 Å². The second kappa shape index (κ2) is 3.14. The Morgan fingerprint density at radius 3 is 2.38 bits per heavy atom. The molecule has 3 nitrogen and oxygen atoms in total. The minimum atomic E-state index is -0.790. The number of carboxylic acids is 1.